The van der Waals surface area contributed by atoms with Crippen molar-refractivity contribution in [1.29, 1.82) is 0 Å². The van der Waals surface area contributed by atoms with E-state index in [9.17, 15) is 31.5 Å². The first-order valence-corrected chi connectivity index (χ1v) is 14.4. The third-order valence-corrected chi connectivity index (χ3v) is 8.17. The number of piperazine rings is 1. The Morgan fingerprint density at radius 3 is 2.29 bits per heavy atom. The lowest BCUT2D eigenvalue weighted by Gasteiger charge is -2.40. The molecule has 1 amide bonds. The third-order valence-electron chi connectivity index (χ3n) is 6.32. The van der Waals surface area contributed by atoms with Gasteiger partial charge in [-0.25, -0.2) is 18.2 Å². The van der Waals surface area contributed by atoms with Crippen molar-refractivity contribution in [3.05, 3.63) is 48.2 Å². The van der Waals surface area contributed by atoms with Gasteiger partial charge in [-0.2, -0.15) is 17.5 Å². The van der Waals surface area contributed by atoms with Crippen LogP contribution in [0.25, 0.3) is 0 Å². The summed E-state index contributed by atoms with van der Waals surface area (Å²) in [5.74, 6) is 10.6. The van der Waals surface area contributed by atoms with Gasteiger partial charge in [-0.1, -0.05) is 24.0 Å². The van der Waals surface area contributed by atoms with Gasteiger partial charge in [-0.05, 0) is 64.4 Å². The van der Waals surface area contributed by atoms with Crippen LogP contribution in [0.15, 0.2) is 47.5 Å². The van der Waals surface area contributed by atoms with E-state index in [-0.39, 0.29) is 35.9 Å². The Labute approximate surface area is 244 Å². The summed E-state index contributed by atoms with van der Waals surface area (Å²) in [6.07, 6.45) is -5.33. The van der Waals surface area contributed by atoms with Gasteiger partial charge < -0.3 is 14.7 Å². The summed E-state index contributed by atoms with van der Waals surface area (Å²) in [7, 11) is -3.98. The average molecular weight is 607 g/mol. The minimum Gasteiger partial charge on any atom is -0.444 e. The number of carbonyl (C=O) groups is 1. The molecule has 1 aliphatic rings. The smallest absolute Gasteiger partial charge is 0.422 e. The van der Waals surface area contributed by atoms with Gasteiger partial charge >= 0.3 is 12.3 Å². The first-order valence-electron chi connectivity index (χ1n) is 13.0. The molecule has 1 fully saturated rings. The number of aliphatic hydroxyl groups is 1. The molecule has 2 heterocycles. The summed E-state index contributed by atoms with van der Waals surface area (Å²) < 4.78 is 74.4. The van der Waals surface area contributed by atoms with Gasteiger partial charge in [0.25, 0.3) is 0 Å². The van der Waals surface area contributed by atoms with Crippen LogP contribution in [-0.2, 0) is 20.4 Å². The Balaban J connectivity index is 1.78. The summed E-state index contributed by atoms with van der Waals surface area (Å²) >= 11 is 0. The van der Waals surface area contributed by atoms with Crippen molar-refractivity contribution in [3.8, 4) is 23.7 Å². The van der Waals surface area contributed by atoms with Crippen LogP contribution in [0.1, 0.15) is 46.6 Å². The molecule has 1 aliphatic heterocycles. The average Bonchev–Trinajstić information content (AvgIpc) is 2.90. The summed E-state index contributed by atoms with van der Waals surface area (Å²) in [5, 5.41) is 12.9. The number of nitrogens with one attached hydrogen (secondary N) is 1. The lowest BCUT2D eigenvalue weighted by Crippen LogP contribution is -2.54. The van der Waals surface area contributed by atoms with Gasteiger partial charge in [0.05, 0.1) is 6.42 Å². The molecule has 0 spiro atoms. The molecule has 1 saturated heterocycles. The number of benzene rings is 1. The number of pyridine rings is 1. The van der Waals surface area contributed by atoms with Crippen molar-refractivity contribution < 1.29 is 36.2 Å². The van der Waals surface area contributed by atoms with E-state index in [0.29, 0.717) is 5.69 Å². The monoisotopic (exact) mass is 606 g/mol. The van der Waals surface area contributed by atoms with E-state index in [1.807, 2.05) is 0 Å². The van der Waals surface area contributed by atoms with E-state index in [2.05, 4.69) is 34.0 Å². The van der Waals surface area contributed by atoms with E-state index < -0.39 is 46.0 Å². The predicted octanol–water partition coefficient (Wildman–Crippen LogP) is 4.49. The van der Waals surface area contributed by atoms with Crippen LogP contribution in [-0.4, -0.2) is 66.4 Å². The second-order valence-corrected chi connectivity index (χ2v) is 12.4. The van der Waals surface area contributed by atoms with Gasteiger partial charge in [0.15, 0.2) is 5.60 Å². The molecule has 0 aliphatic carbocycles. The highest BCUT2D eigenvalue weighted by Crippen LogP contribution is 2.42. The Morgan fingerprint density at radius 1 is 1.10 bits per heavy atom. The van der Waals surface area contributed by atoms with Gasteiger partial charge in [0, 0.05) is 31.5 Å². The number of hydrogen-bond donors (Lipinski definition) is 2. The molecule has 2 aromatic rings. The number of halogens is 3. The second-order valence-electron chi connectivity index (χ2n) is 10.5. The van der Waals surface area contributed by atoms with Crippen LogP contribution < -0.4 is 10.2 Å². The summed E-state index contributed by atoms with van der Waals surface area (Å²) in [5.41, 5.74) is -3.67. The van der Waals surface area contributed by atoms with E-state index in [1.165, 1.54) is 47.6 Å². The number of rotatable bonds is 6. The number of anilines is 2. The standard InChI is InChI=1S/C29H33F3N4O5S/c1-6-8-16-28(38,29(30,31)32)21-10-12-22(13-11-21)36-18-17-35(20-23(36)9-7-2)42(39,40)24-14-15-25(33-19-24)34-26(37)41-27(3,4)5/h10-15,19,23,38H,16-18,20H2,1-5H3,(H,33,34,37). The maximum absolute atomic E-state index is 13.7. The quantitative estimate of drug-likeness (QED) is 0.466. The third kappa shape index (κ3) is 7.53. The SMILES string of the molecule is CC#CCC(O)(c1ccc(N2CCN(S(=O)(=O)c3ccc(NC(=O)OC(C)(C)C)nc3)CC2C#CC)cc1)C(F)(F)F. The molecule has 3 rings (SSSR count). The Kier molecular flexibility index (Phi) is 9.83. The highest BCUT2D eigenvalue weighted by molar-refractivity contribution is 7.89. The fourth-order valence-corrected chi connectivity index (χ4v) is 5.63. The maximum Gasteiger partial charge on any atom is 0.422 e. The molecule has 13 heteroatoms. The summed E-state index contributed by atoms with van der Waals surface area (Å²) in [6, 6.07) is 7.35. The predicted molar refractivity (Wildman–Crippen MR) is 152 cm³/mol. The number of hydrogen-bond acceptors (Lipinski definition) is 7. The molecule has 0 saturated carbocycles. The van der Waals surface area contributed by atoms with Crippen molar-refractivity contribution in [3.63, 3.8) is 0 Å². The molecule has 0 bridgehead atoms. The number of carbonyl (C=O) groups excluding carboxylic acids is 1. The molecule has 1 aromatic heterocycles. The van der Waals surface area contributed by atoms with Crippen molar-refractivity contribution in [2.75, 3.05) is 29.9 Å². The number of sulfonamides is 1. The molecular weight excluding hydrogens is 573 g/mol. The fraction of sp³-hybridized carbons (Fsp3) is 0.448. The number of ether oxygens (including phenoxy) is 1. The van der Waals surface area contributed by atoms with E-state index in [4.69, 9.17) is 4.74 Å². The molecule has 0 radical (unpaired) electrons. The highest BCUT2D eigenvalue weighted by Gasteiger charge is 2.54. The van der Waals surface area contributed by atoms with E-state index in [1.54, 1.807) is 32.6 Å². The molecule has 2 atom stereocenters. The largest absolute Gasteiger partial charge is 0.444 e. The summed E-state index contributed by atoms with van der Waals surface area (Å²) in [6.45, 7) is 8.38. The minimum atomic E-state index is -4.94. The zero-order valence-corrected chi connectivity index (χ0v) is 24.7. The molecule has 2 unspecified atom stereocenters. The van der Waals surface area contributed by atoms with Crippen LogP contribution in [0.2, 0.25) is 0 Å². The first-order chi connectivity index (χ1) is 19.5. The van der Waals surface area contributed by atoms with Gasteiger partial charge in [0.1, 0.15) is 22.4 Å². The fourth-order valence-electron chi connectivity index (χ4n) is 4.25. The number of aromatic nitrogens is 1. The molecular formula is C29H33F3N4O5S. The molecule has 2 N–H and O–H groups in total. The maximum atomic E-state index is 13.7. The van der Waals surface area contributed by atoms with Crippen LogP contribution in [0.3, 0.4) is 0 Å². The zero-order valence-electron chi connectivity index (χ0n) is 23.9. The highest BCUT2D eigenvalue weighted by atomic mass is 32.2. The lowest BCUT2D eigenvalue weighted by atomic mass is 9.89. The molecule has 226 valence electrons. The summed E-state index contributed by atoms with van der Waals surface area (Å²) in [4.78, 5) is 17.7. The van der Waals surface area contributed by atoms with Crippen LogP contribution in [0.4, 0.5) is 29.5 Å². The second kappa shape index (κ2) is 12.6. The lowest BCUT2D eigenvalue weighted by molar-refractivity contribution is -0.264. The van der Waals surface area contributed by atoms with Gasteiger partial charge in [-0.3, -0.25) is 5.32 Å². The Hall–Kier alpha value is -3.78. The normalized spacial score (nSPS) is 17.6. The van der Waals surface area contributed by atoms with Crippen molar-refractivity contribution in [1.82, 2.24) is 9.29 Å². The van der Waals surface area contributed by atoms with Crippen LogP contribution in [0.5, 0.6) is 0 Å². The minimum absolute atomic E-state index is 0.0125. The van der Waals surface area contributed by atoms with Crippen molar-refractivity contribution in [2.24, 2.45) is 0 Å². The zero-order chi connectivity index (χ0) is 31.3. The van der Waals surface area contributed by atoms with Crippen LogP contribution in [0, 0.1) is 23.7 Å². The number of nitrogens with zero attached hydrogens (tertiary/aromatic N) is 3. The Morgan fingerprint density at radius 2 is 1.76 bits per heavy atom. The van der Waals surface area contributed by atoms with E-state index >= 15 is 0 Å². The Bertz CT molecular complexity index is 1500. The molecule has 42 heavy (non-hydrogen) atoms. The van der Waals surface area contributed by atoms with Crippen LogP contribution >= 0.6 is 0 Å². The molecule has 1 aromatic carbocycles. The van der Waals surface area contributed by atoms with Gasteiger partial charge in [0.2, 0.25) is 10.0 Å². The van der Waals surface area contributed by atoms with Gasteiger partial charge in [-0.15, -0.1) is 11.8 Å². The number of alkyl halides is 3. The van der Waals surface area contributed by atoms with E-state index in [0.717, 1.165) is 6.20 Å². The molecule has 9 nitrogen and oxygen atoms in total. The van der Waals surface area contributed by atoms with Crippen molar-refractivity contribution in [2.45, 2.75) is 69.4 Å². The first kappa shape index (κ1) is 32.7. The topological polar surface area (TPSA) is 112 Å². The number of amides is 1. The van der Waals surface area contributed by atoms with Crippen molar-refractivity contribution >= 4 is 27.6 Å².